The number of benzene rings is 2. The lowest BCUT2D eigenvalue weighted by Crippen LogP contribution is -2.17. The number of carbonyl (C=O) groups is 1. The van der Waals surface area contributed by atoms with Crippen molar-refractivity contribution >= 4 is 12.1 Å². The smallest absolute Gasteiger partial charge is 0.240 e. The summed E-state index contributed by atoms with van der Waals surface area (Å²) in [6, 6.07) is 17.7. The van der Waals surface area contributed by atoms with Gasteiger partial charge in [-0.25, -0.2) is 5.43 Å². The minimum absolute atomic E-state index is 0.0413. The van der Waals surface area contributed by atoms with Crippen molar-refractivity contribution in [2.24, 2.45) is 5.10 Å². The highest BCUT2D eigenvalue weighted by molar-refractivity contribution is 5.85. The van der Waals surface area contributed by atoms with E-state index in [9.17, 15) is 4.79 Å². The highest BCUT2D eigenvalue weighted by Crippen LogP contribution is 2.17. The number of hydrogen-bond donors (Lipinski definition) is 1. The van der Waals surface area contributed by atoms with Gasteiger partial charge in [0.25, 0.3) is 0 Å². The van der Waals surface area contributed by atoms with Crippen LogP contribution in [0, 0.1) is 0 Å². The highest BCUT2D eigenvalue weighted by atomic mass is 16.5. The van der Waals surface area contributed by atoms with E-state index in [0.717, 1.165) is 29.7 Å². The summed E-state index contributed by atoms with van der Waals surface area (Å²) in [5, 5.41) is 4.07. The first-order valence-electron chi connectivity index (χ1n) is 9.37. The maximum absolute atomic E-state index is 11.8. The summed E-state index contributed by atoms with van der Waals surface area (Å²) in [7, 11) is 0. The Balaban J connectivity index is 1.79. The van der Waals surface area contributed by atoms with Crippen molar-refractivity contribution in [3.8, 4) is 5.75 Å². The number of hydrogen-bond acceptors (Lipinski definition) is 3. The molecule has 2 aromatic rings. The van der Waals surface area contributed by atoms with Gasteiger partial charge in [0, 0.05) is 12.0 Å². The zero-order valence-electron chi connectivity index (χ0n) is 15.5. The van der Waals surface area contributed by atoms with Crippen molar-refractivity contribution in [2.75, 3.05) is 0 Å². The molecule has 0 aliphatic carbocycles. The number of amides is 1. The fraction of sp³-hybridized carbons (Fsp3) is 0.364. The monoisotopic (exact) mass is 352 g/mol. The summed E-state index contributed by atoms with van der Waals surface area (Å²) in [6.07, 6.45) is 7.81. The third-order valence-corrected chi connectivity index (χ3v) is 4.06. The lowest BCUT2D eigenvalue weighted by Gasteiger charge is -2.09. The second-order valence-corrected chi connectivity index (χ2v) is 6.27. The van der Waals surface area contributed by atoms with Crippen LogP contribution in [0.2, 0.25) is 0 Å². The van der Waals surface area contributed by atoms with Crippen molar-refractivity contribution in [3.63, 3.8) is 0 Å². The SMILES string of the molecule is CCCCCCCC(=O)N/N=C/c1ccccc1OCc1ccccc1. The van der Waals surface area contributed by atoms with Crippen LogP contribution in [-0.2, 0) is 11.4 Å². The van der Waals surface area contributed by atoms with E-state index in [1.54, 1.807) is 6.21 Å². The third kappa shape index (κ3) is 7.51. The van der Waals surface area contributed by atoms with Crippen molar-refractivity contribution in [1.29, 1.82) is 0 Å². The van der Waals surface area contributed by atoms with Gasteiger partial charge in [-0.3, -0.25) is 4.79 Å². The maximum atomic E-state index is 11.8. The molecule has 4 heteroatoms. The van der Waals surface area contributed by atoms with Gasteiger partial charge in [-0.2, -0.15) is 5.10 Å². The zero-order valence-corrected chi connectivity index (χ0v) is 15.5. The summed E-state index contributed by atoms with van der Waals surface area (Å²) in [5.41, 5.74) is 4.54. The molecule has 0 saturated heterocycles. The quantitative estimate of drug-likeness (QED) is 0.348. The largest absolute Gasteiger partial charge is 0.488 e. The number of ether oxygens (including phenoxy) is 1. The van der Waals surface area contributed by atoms with Crippen LogP contribution in [0.4, 0.5) is 0 Å². The zero-order chi connectivity index (χ0) is 18.5. The Labute approximate surface area is 156 Å². The van der Waals surface area contributed by atoms with Crippen LogP contribution in [0.25, 0.3) is 0 Å². The molecule has 2 rings (SSSR count). The number of hydrazone groups is 1. The lowest BCUT2D eigenvalue weighted by molar-refractivity contribution is -0.121. The van der Waals surface area contributed by atoms with Crippen LogP contribution in [0.3, 0.4) is 0 Å². The molecule has 2 aromatic carbocycles. The van der Waals surface area contributed by atoms with E-state index in [-0.39, 0.29) is 5.91 Å². The van der Waals surface area contributed by atoms with Gasteiger partial charge in [0.1, 0.15) is 12.4 Å². The van der Waals surface area contributed by atoms with Crippen LogP contribution in [-0.4, -0.2) is 12.1 Å². The molecule has 26 heavy (non-hydrogen) atoms. The van der Waals surface area contributed by atoms with Gasteiger partial charge in [-0.05, 0) is 24.1 Å². The number of unbranched alkanes of at least 4 members (excludes halogenated alkanes) is 4. The average molecular weight is 352 g/mol. The molecular formula is C22H28N2O2. The standard InChI is InChI=1S/C22H28N2O2/c1-2-3-4-5-9-16-22(25)24-23-17-20-14-10-11-15-21(20)26-18-19-12-7-6-8-13-19/h6-8,10-15,17H,2-5,9,16,18H2,1H3,(H,24,25)/b23-17+. The normalized spacial score (nSPS) is 10.8. The molecule has 0 fully saturated rings. The molecule has 0 radical (unpaired) electrons. The van der Waals surface area contributed by atoms with Crippen LogP contribution < -0.4 is 10.2 Å². The molecule has 0 saturated carbocycles. The van der Waals surface area contributed by atoms with E-state index in [1.807, 2.05) is 54.6 Å². The van der Waals surface area contributed by atoms with E-state index >= 15 is 0 Å². The number of nitrogens with one attached hydrogen (secondary N) is 1. The van der Waals surface area contributed by atoms with Crippen molar-refractivity contribution in [3.05, 3.63) is 65.7 Å². The van der Waals surface area contributed by atoms with Gasteiger partial charge < -0.3 is 4.74 Å². The molecule has 0 aliphatic heterocycles. The van der Waals surface area contributed by atoms with Crippen LogP contribution in [0.15, 0.2) is 59.7 Å². The first kappa shape index (κ1) is 19.7. The fourth-order valence-corrected chi connectivity index (χ4v) is 2.57. The second-order valence-electron chi connectivity index (χ2n) is 6.27. The van der Waals surface area contributed by atoms with Gasteiger partial charge >= 0.3 is 0 Å². The van der Waals surface area contributed by atoms with E-state index in [2.05, 4.69) is 17.5 Å². The molecule has 138 valence electrons. The molecule has 0 aromatic heterocycles. The number of nitrogens with zero attached hydrogens (tertiary/aromatic N) is 1. The topological polar surface area (TPSA) is 50.7 Å². The minimum atomic E-state index is -0.0413. The Morgan fingerprint density at radius 3 is 2.54 bits per heavy atom. The van der Waals surface area contributed by atoms with E-state index in [0.29, 0.717) is 13.0 Å². The predicted octanol–water partition coefficient (Wildman–Crippen LogP) is 5.08. The third-order valence-electron chi connectivity index (χ3n) is 4.06. The van der Waals surface area contributed by atoms with E-state index < -0.39 is 0 Å². The minimum Gasteiger partial charge on any atom is -0.488 e. The molecule has 0 heterocycles. The van der Waals surface area contributed by atoms with Crippen LogP contribution >= 0.6 is 0 Å². The summed E-state index contributed by atoms with van der Waals surface area (Å²) in [4.78, 5) is 11.8. The predicted molar refractivity (Wildman–Crippen MR) is 106 cm³/mol. The second kappa shape index (κ2) is 11.9. The molecule has 0 atom stereocenters. The first-order valence-corrected chi connectivity index (χ1v) is 9.37. The van der Waals surface area contributed by atoms with Crippen molar-refractivity contribution in [2.45, 2.75) is 52.1 Å². The average Bonchev–Trinajstić information content (AvgIpc) is 2.68. The Bertz CT molecular complexity index is 684. The molecule has 0 unspecified atom stereocenters. The molecule has 0 aliphatic rings. The van der Waals surface area contributed by atoms with E-state index in [4.69, 9.17) is 4.74 Å². The first-order chi connectivity index (χ1) is 12.8. The Morgan fingerprint density at radius 1 is 1.00 bits per heavy atom. The molecule has 1 N–H and O–H groups in total. The Kier molecular flexibility index (Phi) is 8.98. The Hall–Kier alpha value is -2.62. The fourth-order valence-electron chi connectivity index (χ4n) is 2.57. The molecule has 1 amide bonds. The summed E-state index contributed by atoms with van der Waals surface area (Å²) < 4.78 is 5.88. The van der Waals surface area contributed by atoms with Gasteiger partial charge in [0.2, 0.25) is 5.91 Å². The molecule has 4 nitrogen and oxygen atoms in total. The number of rotatable bonds is 11. The van der Waals surface area contributed by atoms with Crippen LogP contribution in [0.1, 0.15) is 56.6 Å². The maximum Gasteiger partial charge on any atom is 0.240 e. The van der Waals surface area contributed by atoms with Gasteiger partial charge in [0.05, 0.1) is 6.21 Å². The summed E-state index contributed by atoms with van der Waals surface area (Å²) >= 11 is 0. The van der Waals surface area contributed by atoms with Crippen molar-refractivity contribution < 1.29 is 9.53 Å². The van der Waals surface area contributed by atoms with Gasteiger partial charge in [0.15, 0.2) is 0 Å². The lowest BCUT2D eigenvalue weighted by atomic mass is 10.1. The number of carbonyl (C=O) groups excluding carboxylic acids is 1. The van der Waals surface area contributed by atoms with E-state index in [1.165, 1.54) is 19.3 Å². The molecule has 0 spiro atoms. The highest BCUT2D eigenvalue weighted by Gasteiger charge is 2.02. The number of para-hydroxylation sites is 1. The Morgan fingerprint density at radius 2 is 1.73 bits per heavy atom. The summed E-state index contributed by atoms with van der Waals surface area (Å²) in [6.45, 7) is 2.68. The van der Waals surface area contributed by atoms with Gasteiger partial charge in [-0.1, -0.05) is 75.1 Å². The summed E-state index contributed by atoms with van der Waals surface area (Å²) in [5.74, 6) is 0.703. The molecule has 0 bridgehead atoms. The molecular weight excluding hydrogens is 324 g/mol. The van der Waals surface area contributed by atoms with Crippen molar-refractivity contribution in [1.82, 2.24) is 5.43 Å². The van der Waals surface area contributed by atoms with Gasteiger partial charge in [-0.15, -0.1) is 0 Å². The van der Waals surface area contributed by atoms with Crippen LogP contribution in [0.5, 0.6) is 5.75 Å².